The summed E-state index contributed by atoms with van der Waals surface area (Å²) in [5.74, 6) is 0. The summed E-state index contributed by atoms with van der Waals surface area (Å²) in [6.07, 6.45) is 7.84. The Morgan fingerprint density at radius 2 is 0.954 bits per heavy atom. The third-order valence-electron chi connectivity index (χ3n) is 13.4. The Morgan fingerprint density at radius 1 is 0.415 bits per heavy atom. The van der Waals surface area contributed by atoms with Crippen LogP contribution in [0.4, 0.5) is 0 Å². The van der Waals surface area contributed by atoms with Crippen LogP contribution in [-0.2, 0) is 0 Å². The number of rotatable bonds is 6. The highest BCUT2D eigenvalue weighted by molar-refractivity contribution is 7.30. The number of fused-ring (bicyclic) bond motifs is 12. The van der Waals surface area contributed by atoms with E-state index in [4.69, 9.17) is 14.4 Å². The number of aromatic nitrogens is 5. The molecule has 65 heavy (non-hydrogen) atoms. The van der Waals surface area contributed by atoms with Gasteiger partial charge < -0.3 is 13.6 Å². The Kier molecular flexibility index (Phi) is 7.77. The number of pyridine rings is 3. The van der Waals surface area contributed by atoms with Crippen LogP contribution in [0.1, 0.15) is 0 Å². The van der Waals surface area contributed by atoms with Crippen LogP contribution in [0.25, 0.3) is 97.1 Å². The average Bonchev–Trinajstić information content (AvgIpc) is 4.13. The van der Waals surface area contributed by atoms with Crippen LogP contribution in [-0.4, -0.2) is 32.2 Å². The van der Waals surface area contributed by atoms with Crippen molar-refractivity contribution in [2.75, 3.05) is 0 Å². The standard InChI is InChI=1S/C57H35N5OSSi/c1-3-13-38(14-4-1)65(39-15-5-2-6-16-39,56-54-43(27-31-59-56)45-33-36(23-25-52(45)63-54)61-48-20-10-7-17-40(48)41-18-8-11-21-49(41)61)57-55-44(28-32-60-57)46-34-37(24-26-53(46)64-55)62-50-22-12-9-19-42(50)47-35-58-30-29-51(47)62/h1-35H. The van der Waals surface area contributed by atoms with Crippen molar-refractivity contribution in [3.05, 3.63) is 213 Å². The molecule has 0 saturated carbocycles. The number of nitrogens with zero attached hydrogens (tertiary/aromatic N) is 5. The van der Waals surface area contributed by atoms with E-state index in [1.165, 1.54) is 53.0 Å². The van der Waals surface area contributed by atoms with Crippen molar-refractivity contribution >= 4 is 126 Å². The summed E-state index contributed by atoms with van der Waals surface area (Å²) < 4.78 is 14.2. The highest BCUT2D eigenvalue weighted by Gasteiger charge is 2.48. The van der Waals surface area contributed by atoms with Gasteiger partial charge in [-0.15, -0.1) is 11.3 Å². The topological polar surface area (TPSA) is 61.7 Å². The van der Waals surface area contributed by atoms with Gasteiger partial charge in [0.25, 0.3) is 0 Å². The molecule has 0 saturated heterocycles. The van der Waals surface area contributed by atoms with Crippen LogP contribution in [0, 0.1) is 0 Å². The van der Waals surface area contributed by atoms with Gasteiger partial charge >= 0.3 is 0 Å². The van der Waals surface area contributed by atoms with Crippen LogP contribution in [0.15, 0.2) is 217 Å². The molecule has 0 amide bonds. The second kappa shape index (κ2) is 13.9. The van der Waals surface area contributed by atoms with E-state index in [1.807, 2.05) is 36.1 Å². The highest BCUT2D eigenvalue weighted by Crippen LogP contribution is 2.39. The van der Waals surface area contributed by atoms with E-state index in [9.17, 15) is 0 Å². The fourth-order valence-corrected chi connectivity index (χ4v) is 16.9. The molecule has 0 radical (unpaired) electrons. The van der Waals surface area contributed by atoms with Gasteiger partial charge in [-0.3, -0.25) is 15.0 Å². The van der Waals surface area contributed by atoms with E-state index in [1.54, 1.807) is 0 Å². The molecule has 0 unspecified atom stereocenters. The predicted octanol–water partition coefficient (Wildman–Crippen LogP) is 11.7. The maximum Gasteiger partial charge on any atom is 0.230 e. The van der Waals surface area contributed by atoms with E-state index < -0.39 is 8.07 Å². The second-order valence-corrected chi connectivity index (χ2v) is 21.4. The lowest BCUT2D eigenvalue weighted by molar-refractivity contribution is 0.670. The lowest BCUT2D eigenvalue weighted by atomic mass is 10.1. The summed E-state index contributed by atoms with van der Waals surface area (Å²) in [5, 5.41) is 13.6. The Bertz CT molecular complexity index is 3830. The van der Waals surface area contributed by atoms with E-state index in [-0.39, 0.29) is 0 Å². The van der Waals surface area contributed by atoms with Crippen molar-refractivity contribution < 1.29 is 4.42 Å². The van der Waals surface area contributed by atoms with Gasteiger partial charge in [-0.25, -0.2) is 0 Å². The molecule has 0 aliphatic rings. The quantitative estimate of drug-likeness (QED) is 0.156. The normalized spacial score (nSPS) is 12.3. The van der Waals surface area contributed by atoms with Crippen LogP contribution < -0.4 is 21.0 Å². The third-order valence-corrected chi connectivity index (χ3v) is 19.4. The molecular weight excluding hydrogens is 831 g/mol. The number of thiophene rings is 1. The van der Waals surface area contributed by atoms with Crippen molar-refractivity contribution in [2.24, 2.45) is 0 Å². The molecule has 7 heterocycles. The lowest BCUT2D eigenvalue weighted by Gasteiger charge is -2.32. The summed E-state index contributed by atoms with van der Waals surface area (Å²) >= 11 is 1.82. The number of hydrogen-bond acceptors (Lipinski definition) is 5. The first kappa shape index (κ1) is 36.3. The molecule has 0 spiro atoms. The fourth-order valence-electron chi connectivity index (χ4n) is 10.7. The van der Waals surface area contributed by atoms with Crippen LogP contribution in [0.2, 0.25) is 0 Å². The molecule has 7 aromatic heterocycles. The molecule has 14 aromatic rings. The molecule has 6 nitrogen and oxygen atoms in total. The van der Waals surface area contributed by atoms with Crippen LogP contribution in [0.3, 0.4) is 0 Å². The molecular formula is C57H35N5OSSi. The molecule has 7 aromatic carbocycles. The predicted molar refractivity (Wildman–Crippen MR) is 272 cm³/mol. The molecule has 0 aliphatic heterocycles. The maximum atomic E-state index is 7.13. The van der Waals surface area contributed by atoms with Crippen LogP contribution >= 0.6 is 11.3 Å². The number of hydrogen-bond donors (Lipinski definition) is 0. The molecule has 14 rings (SSSR count). The maximum absolute atomic E-state index is 7.13. The Balaban J connectivity index is 1.04. The minimum atomic E-state index is -3.36. The van der Waals surface area contributed by atoms with Crippen molar-refractivity contribution in [2.45, 2.75) is 0 Å². The SMILES string of the molecule is c1ccc([Si](c2ccccc2)(c2nccc3c2oc2ccc(-n4c5ccccc5c5ccccc54)cc23)c2nccc3c2sc2ccc(-n4c5ccccc5c5cnccc54)cc23)cc1. The number of furan rings is 1. The molecule has 0 N–H and O–H groups in total. The first-order chi connectivity index (χ1) is 32.3. The molecule has 0 aliphatic carbocycles. The van der Waals surface area contributed by atoms with Crippen molar-refractivity contribution in [1.29, 1.82) is 0 Å². The zero-order valence-corrected chi connectivity index (χ0v) is 36.6. The van der Waals surface area contributed by atoms with E-state index in [0.717, 1.165) is 65.1 Å². The van der Waals surface area contributed by atoms with Crippen molar-refractivity contribution in [1.82, 2.24) is 24.1 Å². The first-order valence-corrected chi connectivity index (χ1v) is 24.6. The van der Waals surface area contributed by atoms with Crippen molar-refractivity contribution in [3.63, 3.8) is 0 Å². The molecule has 0 bridgehead atoms. The highest BCUT2D eigenvalue weighted by atomic mass is 32.1. The van der Waals surface area contributed by atoms with Gasteiger partial charge in [0.15, 0.2) is 5.58 Å². The fraction of sp³-hybridized carbons (Fsp3) is 0. The average molecular weight is 866 g/mol. The summed E-state index contributed by atoms with van der Waals surface area (Å²) in [4.78, 5) is 15.4. The summed E-state index contributed by atoms with van der Waals surface area (Å²) in [7, 11) is -3.36. The number of benzene rings is 7. The largest absolute Gasteiger partial charge is 0.455 e. The summed E-state index contributed by atoms with van der Waals surface area (Å²) in [5.41, 5.74) is 8.44. The van der Waals surface area contributed by atoms with Gasteiger partial charge in [-0.1, -0.05) is 115 Å². The van der Waals surface area contributed by atoms with Gasteiger partial charge in [0.1, 0.15) is 5.58 Å². The molecule has 0 fully saturated rings. The summed E-state index contributed by atoms with van der Waals surface area (Å²) in [6.45, 7) is 0. The number of para-hydroxylation sites is 3. The Hall–Kier alpha value is -8.17. The molecule has 8 heteroatoms. The smallest absolute Gasteiger partial charge is 0.230 e. The summed E-state index contributed by atoms with van der Waals surface area (Å²) in [6, 6.07) is 67.7. The zero-order valence-electron chi connectivity index (χ0n) is 34.8. The first-order valence-electron chi connectivity index (χ1n) is 21.8. The molecule has 0 atom stereocenters. The Morgan fingerprint density at radius 3 is 1.62 bits per heavy atom. The monoisotopic (exact) mass is 865 g/mol. The van der Waals surface area contributed by atoms with Gasteiger partial charge in [0.2, 0.25) is 8.07 Å². The Labute approximate surface area is 376 Å². The van der Waals surface area contributed by atoms with E-state index in [0.29, 0.717) is 0 Å². The van der Waals surface area contributed by atoms with E-state index >= 15 is 0 Å². The minimum absolute atomic E-state index is 0.796. The lowest BCUT2D eigenvalue weighted by Crippen LogP contribution is -2.76. The van der Waals surface area contributed by atoms with Gasteiger partial charge in [-0.05, 0) is 83.2 Å². The van der Waals surface area contributed by atoms with Gasteiger partial charge in [-0.2, -0.15) is 0 Å². The van der Waals surface area contributed by atoms with Gasteiger partial charge in [0.05, 0.1) is 37.4 Å². The van der Waals surface area contributed by atoms with Gasteiger partial charge in [0, 0.05) is 84.0 Å². The van der Waals surface area contributed by atoms with Crippen molar-refractivity contribution in [3.8, 4) is 11.4 Å². The minimum Gasteiger partial charge on any atom is -0.455 e. The second-order valence-electron chi connectivity index (χ2n) is 16.7. The third kappa shape index (κ3) is 5.12. The molecule has 304 valence electrons. The zero-order chi connectivity index (χ0) is 42.6. The van der Waals surface area contributed by atoms with E-state index in [2.05, 4.69) is 202 Å². The van der Waals surface area contributed by atoms with Crippen LogP contribution in [0.5, 0.6) is 0 Å².